The first-order valence-electron chi connectivity index (χ1n) is 10.1. The standard InChI is InChI=1S/C21H24N6O/c1-13-6-7-15(20-26-25-19-5-3-2-4-10-27(19)20)11-16(13)22-21(28)18-12-17(23-24-18)14-8-9-14/h6-7,11-12,14H,2-5,8-10H2,1H3,(H,22,28)(H,23,24). The average Bonchev–Trinajstić information content (AvgIpc) is 3.37. The molecule has 1 fully saturated rings. The molecular formula is C21H24N6O. The van der Waals surface area contributed by atoms with E-state index in [0.717, 1.165) is 53.5 Å². The second-order valence-electron chi connectivity index (χ2n) is 7.87. The lowest BCUT2D eigenvalue weighted by molar-refractivity contribution is 0.102. The largest absolute Gasteiger partial charge is 0.320 e. The Hall–Kier alpha value is -2.96. The molecular weight excluding hydrogens is 352 g/mol. The summed E-state index contributed by atoms with van der Waals surface area (Å²) in [4.78, 5) is 12.7. The maximum Gasteiger partial charge on any atom is 0.276 e. The van der Waals surface area contributed by atoms with Crippen LogP contribution in [0.25, 0.3) is 11.4 Å². The number of carbonyl (C=O) groups is 1. The van der Waals surface area contributed by atoms with Gasteiger partial charge in [-0.1, -0.05) is 18.6 Å². The van der Waals surface area contributed by atoms with E-state index < -0.39 is 0 Å². The minimum Gasteiger partial charge on any atom is -0.320 e. The van der Waals surface area contributed by atoms with Crippen molar-refractivity contribution in [1.29, 1.82) is 0 Å². The van der Waals surface area contributed by atoms with Crippen LogP contribution in [-0.4, -0.2) is 30.9 Å². The van der Waals surface area contributed by atoms with Crippen LogP contribution in [0.4, 0.5) is 5.69 Å². The smallest absolute Gasteiger partial charge is 0.276 e. The molecule has 2 N–H and O–H groups in total. The van der Waals surface area contributed by atoms with Gasteiger partial charge in [-0.2, -0.15) is 5.10 Å². The van der Waals surface area contributed by atoms with Crippen molar-refractivity contribution in [3.05, 3.63) is 47.0 Å². The summed E-state index contributed by atoms with van der Waals surface area (Å²) in [6.45, 7) is 2.94. The van der Waals surface area contributed by atoms with Crippen LogP contribution in [0.2, 0.25) is 0 Å². The molecule has 2 aliphatic rings. The van der Waals surface area contributed by atoms with Gasteiger partial charge in [0.15, 0.2) is 11.5 Å². The van der Waals surface area contributed by atoms with Gasteiger partial charge in [-0.15, -0.1) is 10.2 Å². The first kappa shape index (κ1) is 17.2. The molecule has 0 unspecified atom stereocenters. The molecule has 1 aliphatic heterocycles. The van der Waals surface area contributed by atoms with Gasteiger partial charge in [0.25, 0.3) is 5.91 Å². The number of hydrogen-bond acceptors (Lipinski definition) is 4. The lowest BCUT2D eigenvalue weighted by atomic mass is 10.1. The van der Waals surface area contributed by atoms with Gasteiger partial charge in [-0.05, 0) is 50.3 Å². The van der Waals surface area contributed by atoms with Crippen molar-refractivity contribution in [1.82, 2.24) is 25.0 Å². The van der Waals surface area contributed by atoms with Crippen LogP contribution in [0.5, 0.6) is 0 Å². The number of nitrogens with zero attached hydrogens (tertiary/aromatic N) is 4. The third-order valence-electron chi connectivity index (χ3n) is 5.70. The highest BCUT2D eigenvalue weighted by Crippen LogP contribution is 2.39. The van der Waals surface area contributed by atoms with Crippen molar-refractivity contribution >= 4 is 11.6 Å². The molecule has 28 heavy (non-hydrogen) atoms. The fourth-order valence-corrected chi connectivity index (χ4v) is 3.84. The summed E-state index contributed by atoms with van der Waals surface area (Å²) < 4.78 is 2.22. The number of aromatic amines is 1. The maximum absolute atomic E-state index is 12.7. The molecule has 0 bridgehead atoms. The van der Waals surface area contributed by atoms with E-state index in [4.69, 9.17) is 0 Å². The molecule has 1 amide bonds. The van der Waals surface area contributed by atoms with Crippen LogP contribution in [-0.2, 0) is 13.0 Å². The molecule has 3 heterocycles. The van der Waals surface area contributed by atoms with E-state index in [9.17, 15) is 4.79 Å². The lowest BCUT2D eigenvalue weighted by Gasteiger charge is -2.11. The van der Waals surface area contributed by atoms with Gasteiger partial charge in [0.1, 0.15) is 5.82 Å². The second-order valence-corrected chi connectivity index (χ2v) is 7.87. The Morgan fingerprint density at radius 3 is 2.93 bits per heavy atom. The Kier molecular flexibility index (Phi) is 4.22. The van der Waals surface area contributed by atoms with E-state index in [1.54, 1.807) is 0 Å². The molecule has 7 heteroatoms. The minimum absolute atomic E-state index is 0.191. The van der Waals surface area contributed by atoms with Crippen molar-refractivity contribution in [2.75, 3.05) is 5.32 Å². The van der Waals surface area contributed by atoms with Crippen LogP contribution in [0, 0.1) is 6.92 Å². The number of benzene rings is 1. The Balaban J connectivity index is 1.41. The number of H-pyrrole nitrogens is 1. The number of carbonyl (C=O) groups excluding carboxylic acids is 1. The summed E-state index contributed by atoms with van der Waals surface area (Å²) >= 11 is 0. The Bertz CT molecular complexity index is 1030. The molecule has 1 aliphatic carbocycles. The zero-order chi connectivity index (χ0) is 19.1. The fraction of sp³-hybridized carbons (Fsp3) is 0.429. The molecule has 0 atom stereocenters. The zero-order valence-corrected chi connectivity index (χ0v) is 16.0. The van der Waals surface area contributed by atoms with Crippen LogP contribution >= 0.6 is 0 Å². The van der Waals surface area contributed by atoms with E-state index >= 15 is 0 Å². The first-order valence-corrected chi connectivity index (χ1v) is 10.1. The van der Waals surface area contributed by atoms with Crippen LogP contribution in [0.15, 0.2) is 24.3 Å². The molecule has 1 saturated carbocycles. The predicted molar refractivity (Wildman–Crippen MR) is 106 cm³/mol. The normalized spacial score (nSPS) is 16.5. The van der Waals surface area contributed by atoms with Gasteiger partial charge >= 0.3 is 0 Å². The molecule has 3 aromatic rings. The molecule has 7 nitrogen and oxygen atoms in total. The van der Waals surface area contributed by atoms with E-state index in [2.05, 4.69) is 30.3 Å². The monoisotopic (exact) mass is 376 g/mol. The summed E-state index contributed by atoms with van der Waals surface area (Å²) in [5.74, 6) is 2.29. The van der Waals surface area contributed by atoms with Crippen molar-refractivity contribution < 1.29 is 4.79 Å². The Morgan fingerprint density at radius 2 is 2.07 bits per heavy atom. The summed E-state index contributed by atoms with van der Waals surface area (Å²) in [7, 11) is 0. The summed E-state index contributed by atoms with van der Waals surface area (Å²) in [6.07, 6.45) is 6.87. The van der Waals surface area contributed by atoms with E-state index in [-0.39, 0.29) is 5.91 Å². The Morgan fingerprint density at radius 1 is 1.18 bits per heavy atom. The number of hydrogen-bond donors (Lipinski definition) is 2. The second kappa shape index (κ2) is 6.89. The maximum atomic E-state index is 12.7. The summed E-state index contributed by atoms with van der Waals surface area (Å²) in [5, 5.41) is 19.0. The van der Waals surface area contributed by atoms with Crippen LogP contribution in [0.1, 0.15) is 65.6 Å². The van der Waals surface area contributed by atoms with Crippen LogP contribution < -0.4 is 5.32 Å². The van der Waals surface area contributed by atoms with E-state index in [1.165, 1.54) is 25.7 Å². The average molecular weight is 376 g/mol. The number of aryl methyl sites for hydroxylation is 2. The number of aromatic nitrogens is 5. The fourth-order valence-electron chi connectivity index (χ4n) is 3.84. The molecule has 1 aromatic carbocycles. The Labute approximate surface area is 163 Å². The van der Waals surface area contributed by atoms with E-state index in [1.807, 2.05) is 31.2 Å². The van der Waals surface area contributed by atoms with Crippen molar-refractivity contribution in [2.45, 2.75) is 57.9 Å². The van der Waals surface area contributed by atoms with Crippen molar-refractivity contribution in [3.63, 3.8) is 0 Å². The number of fused-ring (bicyclic) bond motifs is 1. The highest BCUT2D eigenvalue weighted by Gasteiger charge is 2.26. The third kappa shape index (κ3) is 3.21. The first-order chi connectivity index (χ1) is 13.7. The predicted octanol–water partition coefficient (Wildman–Crippen LogP) is 3.83. The number of nitrogens with one attached hydrogen (secondary N) is 2. The van der Waals surface area contributed by atoms with Gasteiger partial charge in [-0.3, -0.25) is 9.89 Å². The molecule has 2 aromatic heterocycles. The van der Waals surface area contributed by atoms with Crippen molar-refractivity contribution in [3.8, 4) is 11.4 Å². The number of amides is 1. The molecule has 0 spiro atoms. The molecule has 0 radical (unpaired) electrons. The summed E-state index contributed by atoms with van der Waals surface area (Å²) in [5.41, 5.74) is 4.25. The highest BCUT2D eigenvalue weighted by atomic mass is 16.1. The highest BCUT2D eigenvalue weighted by molar-refractivity contribution is 6.03. The molecule has 5 rings (SSSR count). The van der Waals surface area contributed by atoms with Gasteiger partial charge in [-0.25, -0.2) is 0 Å². The lowest BCUT2D eigenvalue weighted by Crippen LogP contribution is -2.13. The van der Waals surface area contributed by atoms with E-state index in [0.29, 0.717) is 11.6 Å². The summed E-state index contributed by atoms with van der Waals surface area (Å²) in [6, 6.07) is 7.92. The number of rotatable bonds is 4. The van der Waals surface area contributed by atoms with Gasteiger partial charge in [0.05, 0.1) is 0 Å². The number of anilines is 1. The van der Waals surface area contributed by atoms with Crippen molar-refractivity contribution in [2.24, 2.45) is 0 Å². The minimum atomic E-state index is -0.191. The molecule has 0 saturated heterocycles. The van der Waals surface area contributed by atoms with Gasteiger partial charge in [0, 0.05) is 35.8 Å². The zero-order valence-electron chi connectivity index (χ0n) is 16.0. The quantitative estimate of drug-likeness (QED) is 0.724. The van der Waals surface area contributed by atoms with Crippen LogP contribution in [0.3, 0.4) is 0 Å². The molecule has 144 valence electrons. The topological polar surface area (TPSA) is 88.5 Å². The third-order valence-corrected chi connectivity index (χ3v) is 5.70. The SMILES string of the molecule is Cc1ccc(-c2nnc3n2CCCCC3)cc1NC(=O)c1cc(C2CC2)[nH]n1. The van der Waals surface area contributed by atoms with Gasteiger partial charge < -0.3 is 9.88 Å². The van der Waals surface area contributed by atoms with Gasteiger partial charge in [0.2, 0.25) is 0 Å².